The number of carbonyl (C=O) groups excluding carboxylic acids is 1. The van der Waals surface area contributed by atoms with Crippen LogP contribution in [0.15, 0.2) is 12.2 Å². The topological polar surface area (TPSA) is 29.1 Å². The summed E-state index contributed by atoms with van der Waals surface area (Å²) in [5.41, 5.74) is 0. The quantitative estimate of drug-likeness (QED) is 0.553. The maximum atomic E-state index is 10.7. The lowest BCUT2D eigenvalue weighted by molar-refractivity contribution is -0.116. The van der Waals surface area contributed by atoms with Crippen LogP contribution < -0.4 is 5.32 Å². The van der Waals surface area contributed by atoms with Crippen LogP contribution >= 0.6 is 0 Å². The summed E-state index contributed by atoms with van der Waals surface area (Å²) in [6.07, 6.45) is 3.23. The van der Waals surface area contributed by atoms with Gasteiger partial charge < -0.3 is 5.32 Å². The third kappa shape index (κ3) is 5.07. The minimum absolute atomic E-state index is 0.0208. The van der Waals surface area contributed by atoms with Gasteiger partial charge in [0.2, 0.25) is 5.91 Å². The van der Waals surface area contributed by atoms with Crippen LogP contribution in [0.2, 0.25) is 0 Å². The Morgan fingerprint density at radius 1 is 1.56 bits per heavy atom. The molecule has 0 bridgehead atoms. The summed E-state index contributed by atoms with van der Waals surface area (Å²) in [6, 6.07) is 0.230. The first-order valence-corrected chi connectivity index (χ1v) is 3.10. The van der Waals surface area contributed by atoms with E-state index in [1.165, 1.54) is 6.08 Å². The fraction of sp³-hybridized carbons (Fsp3) is 0.571. The molecule has 9 heavy (non-hydrogen) atoms. The molecule has 0 aliphatic carbocycles. The highest BCUT2D eigenvalue weighted by Crippen LogP contribution is 1.77. The summed E-state index contributed by atoms with van der Waals surface area (Å²) < 4.78 is 0. The van der Waals surface area contributed by atoms with E-state index in [1.54, 1.807) is 6.08 Å². The van der Waals surface area contributed by atoms with E-state index >= 15 is 0 Å². The van der Waals surface area contributed by atoms with Gasteiger partial charge in [-0.05, 0) is 26.8 Å². The average Bonchev–Trinajstić information content (AvgIpc) is 1.63. The van der Waals surface area contributed by atoms with E-state index in [9.17, 15) is 4.79 Å². The molecule has 0 spiro atoms. The highest BCUT2D eigenvalue weighted by Gasteiger charge is 1.94. The predicted octanol–water partition coefficient (Wildman–Crippen LogP) is 1.09. The predicted molar refractivity (Wildman–Crippen MR) is 38.1 cm³/mol. The SMILES string of the molecule is C/C=C/C(=O)NC(C)C. The van der Waals surface area contributed by atoms with Crippen LogP contribution in [0.1, 0.15) is 20.8 Å². The molecule has 1 N–H and O–H groups in total. The molecule has 2 nitrogen and oxygen atoms in total. The van der Waals surface area contributed by atoms with Crippen molar-refractivity contribution in [2.45, 2.75) is 26.8 Å². The van der Waals surface area contributed by atoms with Crippen LogP contribution in [0.3, 0.4) is 0 Å². The monoisotopic (exact) mass is 127 g/mol. The maximum Gasteiger partial charge on any atom is 0.243 e. The highest BCUT2D eigenvalue weighted by atomic mass is 16.1. The molecule has 52 valence electrons. The Labute approximate surface area is 56.0 Å². The zero-order chi connectivity index (χ0) is 7.28. The van der Waals surface area contributed by atoms with Gasteiger partial charge in [-0.2, -0.15) is 0 Å². The molecule has 0 saturated carbocycles. The number of carbonyl (C=O) groups is 1. The van der Waals surface area contributed by atoms with Crippen molar-refractivity contribution in [1.82, 2.24) is 5.32 Å². The summed E-state index contributed by atoms with van der Waals surface area (Å²) in [5, 5.41) is 2.72. The summed E-state index contributed by atoms with van der Waals surface area (Å²) in [5.74, 6) is -0.0208. The maximum absolute atomic E-state index is 10.7. The molecule has 0 heterocycles. The molecule has 0 saturated heterocycles. The Morgan fingerprint density at radius 2 is 2.11 bits per heavy atom. The molecule has 2 heteroatoms. The van der Waals surface area contributed by atoms with Crippen LogP contribution in [0.5, 0.6) is 0 Å². The fourth-order valence-electron chi connectivity index (χ4n) is 0.484. The first-order chi connectivity index (χ1) is 4.16. The molecule has 0 atom stereocenters. The van der Waals surface area contributed by atoms with Gasteiger partial charge in [0.1, 0.15) is 0 Å². The van der Waals surface area contributed by atoms with E-state index < -0.39 is 0 Å². The van der Waals surface area contributed by atoms with Crippen molar-refractivity contribution in [3.05, 3.63) is 12.2 Å². The molecule has 0 rings (SSSR count). The van der Waals surface area contributed by atoms with Gasteiger partial charge in [0.05, 0.1) is 0 Å². The van der Waals surface area contributed by atoms with Crippen molar-refractivity contribution in [2.24, 2.45) is 0 Å². The van der Waals surface area contributed by atoms with Gasteiger partial charge in [-0.15, -0.1) is 0 Å². The largest absolute Gasteiger partial charge is 0.350 e. The van der Waals surface area contributed by atoms with E-state index in [4.69, 9.17) is 0 Å². The Balaban J connectivity index is 3.51. The smallest absolute Gasteiger partial charge is 0.243 e. The molecule has 1 amide bonds. The van der Waals surface area contributed by atoms with Crippen LogP contribution in [0.4, 0.5) is 0 Å². The summed E-state index contributed by atoms with van der Waals surface area (Å²) in [6.45, 7) is 5.68. The Bertz CT molecular complexity index is 116. The molecule has 0 aliphatic rings. The molecule has 0 aliphatic heterocycles. The fourth-order valence-corrected chi connectivity index (χ4v) is 0.484. The van der Waals surface area contributed by atoms with E-state index in [-0.39, 0.29) is 11.9 Å². The molecule has 0 unspecified atom stereocenters. The normalized spacial score (nSPS) is 10.7. The van der Waals surface area contributed by atoms with Gasteiger partial charge in [0.15, 0.2) is 0 Å². The molecule has 0 aromatic rings. The minimum Gasteiger partial charge on any atom is -0.350 e. The first-order valence-electron chi connectivity index (χ1n) is 3.10. The molecular weight excluding hydrogens is 114 g/mol. The van der Waals surface area contributed by atoms with Crippen LogP contribution in [-0.4, -0.2) is 11.9 Å². The summed E-state index contributed by atoms with van der Waals surface area (Å²) in [7, 11) is 0. The number of nitrogens with one attached hydrogen (secondary N) is 1. The Kier molecular flexibility index (Phi) is 3.76. The van der Waals surface area contributed by atoms with Crippen molar-refractivity contribution in [3.8, 4) is 0 Å². The van der Waals surface area contributed by atoms with Crippen molar-refractivity contribution < 1.29 is 4.79 Å². The lowest BCUT2D eigenvalue weighted by Gasteiger charge is -2.03. The third-order valence-electron chi connectivity index (χ3n) is 0.749. The van der Waals surface area contributed by atoms with Crippen LogP contribution in [-0.2, 0) is 4.79 Å². The summed E-state index contributed by atoms with van der Waals surface area (Å²) >= 11 is 0. The average molecular weight is 127 g/mol. The third-order valence-corrected chi connectivity index (χ3v) is 0.749. The number of hydrogen-bond donors (Lipinski definition) is 1. The molecule has 0 radical (unpaired) electrons. The number of amides is 1. The molecule has 0 aromatic heterocycles. The van der Waals surface area contributed by atoms with Gasteiger partial charge in [0, 0.05) is 6.04 Å². The van der Waals surface area contributed by atoms with E-state index in [2.05, 4.69) is 5.32 Å². The van der Waals surface area contributed by atoms with E-state index in [0.29, 0.717) is 0 Å². The van der Waals surface area contributed by atoms with Gasteiger partial charge >= 0.3 is 0 Å². The van der Waals surface area contributed by atoms with E-state index in [0.717, 1.165) is 0 Å². The minimum atomic E-state index is -0.0208. The summed E-state index contributed by atoms with van der Waals surface area (Å²) in [4.78, 5) is 10.7. The van der Waals surface area contributed by atoms with Crippen LogP contribution in [0, 0.1) is 0 Å². The van der Waals surface area contributed by atoms with Crippen molar-refractivity contribution in [2.75, 3.05) is 0 Å². The second-order valence-electron chi connectivity index (χ2n) is 2.16. The Hall–Kier alpha value is -0.790. The van der Waals surface area contributed by atoms with E-state index in [1.807, 2.05) is 20.8 Å². The second-order valence-corrected chi connectivity index (χ2v) is 2.16. The van der Waals surface area contributed by atoms with Gasteiger partial charge in [0.25, 0.3) is 0 Å². The zero-order valence-corrected chi connectivity index (χ0v) is 6.14. The van der Waals surface area contributed by atoms with Crippen molar-refractivity contribution in [3.63, 3.8) is 0 Å². The lowest BCUT2D eigenvalue weighted by Crippen LogP contribution is -2.28. The molecule has 0 aromatic carbocycles. The van der Waals surface area contributed by atoms with Gasteiger partial charge in [-0.25, -0.2) is 0 Å². The molecule has 0 fully saturated rings. The van der Waals surface area contributed by atoms with Crippen molar-refractivity contribution in [1.29, 1.82) is 0 Å². The highest BCUT2D eigenvalue weighted by molar-refractivity contribution is 5.87. The lowest BCUT2D eigenvalue weighted by atomic mass is 10.4. The second kappa shape index (κ2) is 4.13. The van der Waals surface area contributed by atoms with Gasteiger partial charge in [-0.3, -0.25) is 4.79 Å². The Morgan fingerprint density at radius 3 is 2.44 bits per heavy atom. The van der Waals surface area contributed by atoms with Crippen LogP contribution in [0.25, 0.3) is 0 Å². The molecular formula is C7H13NO. The number of hydrogen-bond acceptors (Lipinski definition) is 1. The van der Waals surface area contributed by atoms with Crippen molar-refractivity contribution >= 4 is 5.91 Å². The standard InChI is InChI=1S/C7H13NO/c1-4-5-7(9)8-6(2)3/h4-6H,1-3H3,(H,8,9)/b5-4+. The zero-order valence-electron chi connectivity index (χ0n) is 6.14. The number of rotatable bonds is 2. The van der Waals surface area contributed by atoms with Gasteiger partial charge in [-0.1, -0.05) is 6.08 Å². The first kappa shape index (κ1) is 8.21. The number of allylic oxidation sites excluding steroid dienone is 1.